The Balaban J connectivity index is 2.59. The summed E-state index contributed by atoms with van der Waals surface area (Å²) in [6.45, 7) is 3.78. The fourth-order valence-electron chi connectivity index (χ4n) is 1.68. The standard InChI is InChI=1S/C13H13NO4/c1-7(2)18-9-4-3-8-6-14-11(13(16)17)12(15)10(8)5-9/h3-7,15H,1-2H3,(H,16,17). The summed E-state index contributed by atoms with van der Waals surface area (Å²) in [5.74, 6) is -1.02. The molecule has 0 bridgehead atoms. The fraction of sp³-hybridized carbons (Fsp3) is 0.231. The number of benzene rings is 1. The molecule has 2 rings (SSSR count). The maximum atomic E-state index is 10.9. The highest BCUT2D eigenvalue weighted by Crippen LogP contribution is 2.30. The van der Waals surface area contributed by atoms with Gasteiger partial charge in [0.2, 0.25) is 0 Å². The van der Waals surface area contributed by atoms with Gasteiger partial charge in [-0.3, -0.25) is 0 Å². The van der Waals surface area contributed by atoms with Gasteiger partial charge in [-0.05, 0) is 32.0 Å². The molecule has 0 atom stereocenters. The minimum absolute atomic E-state index is 0.00498. The molecule has 1 aromatic carbocycles. The second-order valence-electron chi connectivity index (χ2n) is 4.18. The maximum absolute atomic E-state index is 10.9. The Bertz CT molecular complexity index is 607. The van der Waals surface area contributed by atoms with Crippen molar-refractivity contribution < 1.29 is 19.7 Å². The van der Waals surface area contributed by atoms with E-state index in [0.717, 1.165) is 0 Å². The first-order valence-electron chi connectivity index (χ1n) is 5.50. The lowest BCUT2D eigenvalue weighted by molar-refractivity contribution is 0.0687. The summed E-state index contributed by atoms with van der Waals surface area (Å²) in [7, 11) is 0. The number of carbonyl (C=O) groups is 1. The predicted octanol–water partition coefficient (Wildman–Crippen LogP) is 2.43. The van der Waals surface area contributed by atoms with Crippen LogP contribution in [0, 0.1) is 0 Å². The van der Waals surface area contributed by atoms with Crippen molar-refractivity contribution in [1.82, 2.24) is 4.98 Å². The first kappa shape index (κ1) is 12.2. The van der Waals surface area contributed by atoms with E-state index in [9.17, 15) is 9.90 Å². The molecule has 1 heterocycles. The van der Waals surface area contributed by atoms with Crippen molar-refractivity contribution in [2.75, 3.05) is 0 Å². The summed E-state index contributed by atoms with van der Waals surface area (Å²) >= 11 is 0. The maximum Gasteiger partial charge on any atom is 0.358 e. The lowest BCUT2D eigenvalue weighted by atomic mass is 10.1. The van der Waals surface area contributed by atoms with Crippen LogP contribution >= 0.6 is 0 Å². The summed E-state index contributed by atoms with van der Waals surface area (Å²) in [6.07, 6.45) is 1.42. The zero-order chi connectivity index (χ0) is 13.3. The van der Waals surface area contributed by atoms with Gasteiger partial charge in [-0.25, -0.2) is 9.78 Å². The summed E-state index contributed by atoms with van der Waals surface area (Å²) in [4.78, 5) is 14.6. The zero-order valence-electron chi connectivity index (χ0n) is 10.0. The predicted molar refractivity (Wildman–Crippen MR) is 66.1 cm³/mol. The highest BCUT2D eigenvalue weighted by Gasteiger charge is 2.15. The van der Waals surface area contributed by atoms with Crippen molar-refractivity contribution in [3.05, 3.63) is 30.1 Å². The van der Waals surface area contributed by atoms with E-state index < -0.39 is 5.97 Å². The Morgan fingerprint density at radius 3 is 2.72 bits per heavy atom. The van der Waals surface area contributed by atoms with E-state index in [1.54, 1.807) is 18.2 Å². The van der Waals surface area contributed by atoms with E-state index in [4.69, 9.17) is 9.84 Å². The van der Waals surface area contributed by atoms with Crippen molar-refractivity contribution in [1.29, 1.82) is 0 Å². The first-order chi connectivity index (χ1) is 8.49. The lowest BCUT2D eigenvalue weighted by Gasteiger charge is -2.11. The number of carboxylic acids is 1. The topological polar surface area (TPSA) is 79.7 Å². The highest BCUT2D eigenvalue weighted by molar-refractivity contribution is 5.98. The SMILES string of the molecule is CC(C)Oc1ccc2cnc(C(=O)O)c(O)c2c1. The number of aromatic carboxylic acids is 1. The Morgan fingerprint density at radius 2 is 2.11 bits per heavy atom. The number of nitrogens with zero attached hydrogens (tertiary/aromatic N) is 1. The van der Waals surface area contributed by atoms with Crippen molar-refractivity contribution >= 4 is 16.7 Å². The molecule has 0 spiro atoms. The molecule has 2 aromatic rings. The molecule has 5 heteroatoms. The molecule has 94 valence electrons. The van der Waals surface area contributed by atoms with Gasteiger partial charge in [0.05, 0.1) is 6.10 Å². The van der Waals surface area contributed by atoms with Crippen LogP contribution in [0.2, 0.25) is 0 Å². The molecule has 0 unspecified atom stereocenters. The van der Waals surface area contributed by atoms with Crippen LogP contribution in [0.3, 0.4) is 0 Å². The molecular weight excluding hydrogens is 234 g/mol. The molecule has 0 aliphatic heterocycles. The average Bonchev–Trinajstić information content (AvgIpc) is 2.29. The monoisotopic (exact) mass is 247 g/mol. The molecule has 0 saturated heterocycles. The Morgan fingerprint density at radius 1 is 1.39 bits per heavy atom. The molecule has 5 nitrogen and oxygen atoms in total. The quantitative estimate of drug-likeness (QED) is 0.870. The van der Waals surface area contributed by atoms with Gasteiger partial charge in [0.25, 0.3) is 0 Å². The van der Waals surface area contributed by atoms with Crippen LogP contribution < -0.4 is 4.74 Å². The van der Waals surface area contributed by atoms with Crippen LogP contribution in [-0.2, 0) is 0 Å². The van der Waals surface area contributed by atoms with Gasteiger partial charge in [-0.1, -0.05) is 0 Å². The van der Waals surface area contributed by atoms with Gasteiger partial charge in [-0.15, -0.1) is 0 Å². The number of pyridine rings is 1. The molecule has 0 saturated carbocycles. The van der Waals surface area contributed by atoms with Crippen LogP contribution in [0.5, 0.6) is 11.5 Å². The molecular formula is C13H13NO4. The molecule has 0 aliphatic carbocycles. The van der Waals surface area contributed by atoms with Gasteiger partial charge in [-0.2, -0.15) is 0 Å². The van der Waals surface area contributed by atoms with Crippen LogP contribution in [0.1, 0.15) is 24.3 Å². The van der Waals surface area contributed by atoms with Gasteiger partial charge in [0, 0.05) is 17.0 Å². The lowest BCUT2D eigenvalue weighted by Crippen LogP contribution is -2.05. The Hall–Kier alpha value is -2.30. The van der Waals surface area contributed by atoms with Gasteiger partial charge >= 0.3 is 5.97 Å². The Kier molecular flexibility index (Phi) is 3.06. The number of rotatable bonds is 3. The fourth-order valence-corrected chi connectivity index (χ4v) is 1.68. The number of hydrogen-bond donors (Lipinski definition) is 2. The van der Waals surface area contributed by atoms with Crippen molar-refractivity contribution in [2.45, 2.75) is 20.0 Å². The number of ether oxygens (including phenoxy) is 1. The molecule has 0 radical (unpaired) electrons. The molecule has 0 amide bonds. The van der Waals surface area contributed by atoms with Gasteiger partial charge in [0.1, 0.15) is 5.75 Å². The molecule has 0 aliphatic rings. The Labute approximate surface area is 104 Å². The number of carboxylic acid groups (broad SMARTS) is 1. The molecule has 18 heavy (non-hydrogen) atoms. The van der Waals surface area contributed by atoms with E-state index in [1.165, 1.54) is 6.20 Å². The summed E-state index contributed by atoms with van der Waals surface area (Å²) in [5.41, 5.74) is -0.357. The van der Waals surface area contributed by atoms with E-state index >= 15 is 0 Å². The second kappa shape index (κ2) is 4.52. The van der Waals surface area contributed by atoms with Crippen molar-refractivity contribution in [3.63, 3.8) is 0 Å². The minimum atomic E-state index is -1.26. The van der Waals surface area contributed by atoms with E-state index in [-0.39, 0.29) is 17.5 Å². The van der Waals surface area contributed by atoms with E-state index in [0.29, 0.717) is 16.5 Å². The number of aromatic hydroxyl groups is 1. The van der Waals surface area contributed by atoms with Crippen molar-refractivity contribution in [3.8, 4) is 11.5 Å². The van der Waals surface area contributed by atoms with Crippen LogP contribution in [-0.4, -0.2) is 27.3 Å². The molecule has 1 aromatic heterocycles. The summed E-state index contributed by atoms with van der Waals surface area (Å²) < 4.78 is 5.50. The van der Waals surface area contributed by atoms with Crippen molar-refractivity contribution in [2.24, 2.45) is 0 Å². The van der Waals surface area contributed by atoms with Crippen LogP contribution in [0.25, 0.3) is 10.8 Å². The normalized spacial score (nSPS) is 10.8. The van der Waals surface area contributed by atoms with E-state index in [2.05, 4.69) is 4.98 Å². The third-order valence-corrected chi connectivity index (χ3v) is 2.41. The number of fused-ring (bicyclic) bond motifs is 1. The average molecular weight is 247 g/mol. The summed E-state index contributed by atoms with van der Waals surface area (Å²) in [6, 6.07) is 5.09. The highest BCUT2D eigenvalue weighted by atomic mass is 16.5. The first-order valence-corrected chi connectivity index (χ1v) is 5.50. The van der Waals surface area contributed by atoms with Crippen LogP contribution in [0.4, 0.5) is 0 Å². The largest absolute Gasteiger partial charge is 0.505 e. The van der Waals surface area contributed by atoms with Gasteiger partial charge in [0.15, 0.2) is 11.4 Å². The smallest absolute Gasteiger partial charge is 0.358 e. The van der Waals surface area contributed by atoms with E-state index in [1.807, 2.05) is 13.8 Å². The minimum Gasteiger partial charge on any atom is -0.505 e. The number of hydrogen-bond acceptors (Lipinski definition) is 4. The number of aromatic nitrogens is 1. The zero-order valence-corrected chi connectivity index (χ0v) is 10.0. The summed E-state index contributed by atoms with van der Waals surface area (Å²) in [5, 5.41) is 19.8. The third kappa shape index (κ3) is 2.20. The van der Waals surface area contributed by atoms with Gasteiger partial charge < -0.3 is 14.9 Å². The van der Waals surface area contributed by atoms with Crippen LogP contribution in [0.15, 0.2) is 24.4 Å². The molecule has 2 N–H and O–H groups in total. The molecule has 0 fully saturated rings. The second-order valence-corrected chi connectivity index (χ2v) is 4.18. The third-order valence-electron chi connectivity index (χ3n) is 2.41.